The Bertz CT molecular complexity index is 751. The average Bonchev–Trinajstić information content (AvgIpc) is 2.60. The van der Waals surface area contributed by atoms with Gasteiger partial charge in [0.2, 0.25) is 0 Å². The molecule has 2 atom stereocenters. The van der Waals surface area contributed by atoms with Gasteiger partial charge in [-0.15, -0.1) is 0 Å². The largest absolute Gasteiger partial charge is 0.480 e. The number of aliphatic carboxylic acids is 1. The first-order valence-corrected chi connectivity index (χ1v) is 7.57. The van der Waals surface area contributed by atoms with E-state index in [1.54, 1.807) is 6.07 Å². The molecule has 0 saturated carbocycles. The van der Waals surface area contributed by atoms with E-state index in [0.29, 0.717) is 24.1 Å². The van der Waals surface area contributed by atoms with Gasteiger partial charge in [-0.3, -0.25) is 9.78 Å². The Kier molecular flexibility index (Phi) is 4.97. The standard InChI is InChI=1S/C16H17N3O5/c20-15(21)9-24-14-5-6-23-8-13(14)19-16(22)12-7-17-10-3-1-2-4-11(10)18-12/h1-4,7,13-14H,5-6,8-9H2,(H,19,22)(H,20,21)/t13-,14+/m1/s1. The second kappa shape index (κ2) is 7.33. The van der Waals surface area contributed by atoms with Crippen LogP contribution in [0.15, 0.2) is 30.5 Å². The van der Waals surface area contributed by atoms with Crippen molar-refractivity contribution in [2.24, 2.45) is 0 Å². The average molecular weight is 331 g/mol. The molecule has 1 fully saturated rings. The SMILES string of the molecule is O=C(O)CO[C@H]1CCOC[C@H]1NC(=O)c1cnc2ccccc2n1. The van der Waals surface area contributed by atoms with E-state index in [1.807, 2.05) is 18.2 Å². The second-order valence-corrected chi connectivity index (χ2v) is 5.43. The maximum atomic E-state index is 12.4. The fourth-order valence-corrected chi connectivity index (χ4v) is 2.54. The van der Waals surface area contributed by atoms with Crippen molar-refractivity contribution in [1.29, 1.82) is 0 Å². The zero-order valence-electron chi connectivity index (χ0n) is 12.8. The number of nitrogens with zero attached hydrogens (tertiary/aromatic N) is 2. The molecule has 8 nitrogen and oxygen atoms in total. The molecule has 1 aromatic carbocycles. The second-order valence-electron chi connectivity index (χ2n) is 5.43. The molecule has 1 aliphatic rings. The number of amides is 1. The third-order valence-electron chi connectivity index (χ3n) is 3.71. The van der Waals surface area contributed by atoms with Crippen molar-refractivity contribution >= 4 is 22.9 Å². The summed E-state index contributed by atoms with van der Waals surface area (Å²) in [6.07, 6.45) is 1.52. The zero-order chi connectivity index (χ0) is 16.9. The highest BCUT2D eigenvalue weighted by atomic mass is 16.5. The number of aromatic nitrogens is 2. The van der Waals surface area contributed by atoms with Gasteiger partial charge in [0.15, 0.2) is 0 Å². The van der Waals surface area contributed by atoms with Crippen molar-refractivity contribution in [2.75, 3.05) is 19.8 Å². The third kappa shape index (κ3) is 3.84. The number of nitrogens with one attached hydrogen (secondary N) is 1. The van der Waals surface area contributed by atoms with Crippen LogP contribution in [0.3, 0.4) is 0 Å². The van der Waals surface area contributed by atoms with Gasteiger partial charge in [0.1, 0.15) is 12.3 Å². The summed E-state index contributed by atoms with van der Waals surface area (Å²) in [6.45, 7) is 0.316. The lowest BCUT2D eigenvalue weighted by atomic mass is 10.1. The molecule has 3 rings (SSSR count). The van der Waals surface area contributed by atoms with Crippen molar-refractivity contribution in [3.05, 3.63) is 36.2 Å². The van der Waals surface area contributed by atoms with Gasteiger partial charge < -0.3 is 19.9 Å². The van der Waals surface area contributed by atoms with Crippen LogP contribution in [0, 0.1) is 0 Å². The summed E-state index contributed by atoms with van der Waals surface area (Å²) in [5.41, 5.74) is 1.53. The number of carboxylic acids is 1. The number of para-hydroxylation sites is 2. The lowest BCUT2D eigenvalue weighted by molar-refractivity contribution is -0.147. The minimum Gasteiger partial charge on any atom is -0.480 e. The summed E-state index contributed by atoms with van der Waals surface area (Å²) >= 11 is 0. The molecule has 0 radical (unpaired) electrons. The van der Waals surface area contributed by atoms with E-state index < -0.39 is 30.6 Å². The molecule has 0 spiro atoms. The minimum absolute atomic E-state index is 0.191. The first-order chi connectivity index (χ1) is 11.6. The van der Waals surface area contributed by atoms with Gasteiger partial charge >= 0.3 is 5.97 Å². The van der Waals surface area contributed by atoms with E-state index >= 15 is 0 Å². The molecule has 8 heteroatoms. The lowest BCUT2D eigenvalue weighted by Crippen LogP contribution is -2.51. The number of carbonyl (C=O) groups excluding carboxylic acids is 1. The van der Waals surface area contributed by atoms with Gasteiger partial charge in [-0.25, -0.2) is 9.78 Å². The number of hydrogen-bond donors (Lipinski definition) is 2. The Morgan fingerprint density at radius 2 is 2.12 bits per heavy atom. The monoisotopic (exact) mass is 331 g/mol. The van der Waals surface area contributed by atoms with Gasteiger partial charge in [0.05, 0.1) is 36.0 Å². The summed E-state index contributed by atoms with van der Waals surface area (Å²) in [5, 5.41) is 11.5. The fourth-order valence-electron chi connectivity index (χ4n) is 2.54. The van der Waals surface area contributed by atoms with Crippen molar-refractivity contribution in [1.82, 2.24) is 15.3 Å². The molecule has 1 aromatic heterocycles. The molecule has 24 heavy (non-hydrogen) atoms. The molecular formula is C16H17N3O5. The van der Waals surface area contributed by atoms with Crippen LogP contribution in [0.5, 0.6) is 0 Å². The highest BCUT2D eigenvalue weighted by molar-refractivity contribution is 5.94. The maximum Gasteiger partial charge on any atom is 0.329 e. The van der Waals surface area contributed by atoms with Crippen LogP contribution < -0.4 is 5.32 Å². The molecule has 1 saturated heterocycles. The molecule has 2 aromatic rings. The van der Waals surface area contributed by atoms with E-state index in [-0.39, 0.29) is 12.3 Å². The Morgan fingerprint density at radius 1 is 1.33 bits per heavy atom. The number of rotatable bonds is 5. The van der Waals surface area contributed by atoms with E-state index in [2.05, 4.69) is 15.3 Å². The molecular weight excluding hydrogens is 314 g/mol. The summed E-state index contributed by atoms with van der Waals surface area (Å²) in [4.78, 5) is 31.6. The molecule has 126 valence electrons. The molecule has 2 heterocycles. The van der Waals surface area contributed by atoms with Crippen LogP contribution in [0.2, 0.25) is 0 Å². The molecule has 0 bridgehead atoms. The quantitative estimate of drug-likeness (QED) is 0.826. The number of carbonyl (C=O) groups is 2. The Hall–Kier alpha value is -2.58. The number of hydrogen-bond acceptors (Lipinski definition) is 6. The van der Waals surface area contributed by atoms with E-state index in [9.17, 15) is 9.59 Å². The van der Waals surface area contributed by atoms with Crippen LogP contribution in [0.4, 0.5) is 0 Å². The molecule has 1 amide bonds. The number of ether oxygens (including phenoxy) is 2. The summed E-state index contributed by atoms with van der Waals surface area (Å²) in [7, 11) is 0. The Morgan fingerprint density at radius 3 is 2.92 bits per heavy atom. The predicted molar refractivity (Wildman–Crippen MR) is 83.6 cm³/mol. The topological polar surface area (TPSA) is 111 Å². The van der Waals surface area contributed by atoms with Crippen LogP contribution in [-0.4, -0.2) is 58.9 Å². The van der Waals surface area contributed by atoms with Crippen molar-refractivity contribution in [3.8, 4) is 0 Å². The number of fused-ring (bicyclic) bond motifs is 1. The summed E-state index contributed by atoms with van der Waals surface area (Å²) in [6, 6.07) is 6.83. The van der Waals surface area contributed by atoms with Gasteiger partial charge in [-0.1, -0.05) is 12.1 Å². The Labute approximate surface area is 137 Å². The van der Waals surface area contributed by atoms with E-state index in [1.165, 1.54) is 6.20 Å². The third-order valence-corrected chi connectivity index (χ3v) is 3.71. The van der Waals surface area contributed by atoms with Gasteiger partial charge in [0, 0.05) is 6.61 Å². The Balaban J connectivity index is 1.70. The molecule has 1 aliphatic heterocycles. The number of benzene rings is 1. The van der Waals surface area contributed by atoms with Crippen LogP contribution in [0.1, 0.15) is 16.9 Å². The normalized spacial score (nSPS) is 20.7. The van der Waals surface area contributed by atoms with Gasteiger partial charge in [-0.05, 0) is 18.6 Å². The van der Waals surface area contributed by atoms with Crippen molar-refractivity contribution in [2.45, 2.75) is 18.6 Å². The van der Waals surface area contributed by atoms with Crippen molar-refractivity contribution in [3.63, 3.8) is 0 Å². The summed E-state index contributed by atoms with van der Waals surface area (Å²) < 4.78 is 10.7. The van der Waals surface area contributed by atoms with Crippen LogP contribution in [0.25, 0.3) is 11.0 Å². The van der Waals surface area contributed by atoms with Crippen LogP contribution in [-0.2, 0) is 14.3 Å². The van der Waals surface area contributed by atoms with Gasteiger partial charge in [-0.2, -0.15) is 0 Å². The van der Waals surface area contributed by atoms with Gasteiger partial charge in [0.25, 0.3) is 5.91 Å². The highest BCUT2D eigenvalue weighted by Crippen LogP contribution is 2.13. The molecule has 0 unspecified atom stereocenters. The smallest absolute Gasteiger partial charge is 0.329 e. The summed E-state index contributed by atoms with van der Waals surface area (Å²) in [5.74, 6) is -1.44. The first-order valence-electron chi connectivity index (χ1n) is 7.57. The van der Waals surface area contributed by atoms with E-state index in [0.717, 1.165) is 0 Å². The predicted octanol–water partition coefficient (Wildman–Crippen LogP) is 0.618. The fraction of sp³-hybridized carbons (Fsp3) is 0.375. The lowest BCUT2D eigenvalue weighted by Gasteiger charge is -2.31. The maximum absolute atomic E-state index is 12.4. The highest BCUT2D eigenvalue weighted by Gasteiger charge is 2.29. The van der Waals surface area contributed by atoms with Crippen LogP contribution >= 0.6 is 0 Å². The molecule has 0 aliphatic carbocycles. The van der Waals surface area contributed by atoms with Crippen molar-refractivity contribution < 1.29 is 24.2 Å². The number of carboxylic acid groups (broad SMARTS) is 1. The first kappa shape index (κ1) is 16.3. The van der Waals surface area contributed by atoms with E-state index in [4.69, 9.17) is 14.6 Å². The minimum atomic E-state index is -1.05. The zero-order valence-corrected chi connectivity index (χ0v) is 12.8. The molecule has 2 N–H and O–H groups in total.